The maximum Gasteiger partial charge on any atom is 0.248 e. The molecule has 0 bridgehead atoms. The largest absolute Gasteiger partial charge is 0.322 e. The van der Waals surface area contributed by atoms with Gasteiger partial charge in [0.25, 0.3) is 0 Å². The van der Waals surface area contributed by atoms with E-state index in [0.717, 1.165) is 40.3 Å². The minimum absolute atomic E-state index is 0.140. The summed E-state index contributed by atoms with van der Waals surface area (Å²) in [7, 11) is 0. The predicted molar refractivity (Wildman–Crippen MR) is 116 cm³/mol. The van der Waals surface area contributed by atoms with Crippen LogP contribution in [0.25, 0.3) is 6.08 Å². The molecule has 28 heavy (non-hydrogen) atoms. The highest BCUT2D eigenvalue weighted by Gasteiger charge is 2.10. The van der Waals surface area contributed by atoms with Crippen LogP contribution in [-0.4, -0.2) is 15.7 Å². The van der Waals surface area contributed by atoms with E-state index in [4.69, 9.17) is 0 Å². The Labute approximate surface area is 166 Å². The minimum atomic E-state index is -0.140. The summed E-state index contributed by atoms with van der Waals surface area (Å²) in [5.41, 5.74) is 8.50. The zero-order chi connectivity index (χ0) is 20.3. The van der Waals surface area contributed by atoms with Crippen molar-refractivity contribution in [2.24, 2.45) is 0 Å². The zero-order valence-corrected chi connectivity index (χ0v) is 17.2. The fourth-order valence-corrected chi connectivity index (χ4v) is 3.19. The molecule has 0 aliphatic heterocycles. The molecular formula is C24H27N3O. The molecule has 1 amide bonds. The third-order valence-electron chi connectivity index (χ3n) is 5.15. The molecule has 0 saturated heterocycles. The van der Waals surface area contributed by atoms with E-state index in [9.17, 15) is 4.79 Å². The first-order chi connectivity index (χ1) is 13.3. The fraction of sp³-hybridized carbons (Fsp3) is 0.250. The lowest BCUT2D eigenvalue weighted by Gasteiger charge is -2.08. The maximum absolute atomic E-state index is 12.4. The van der Waals surface area contributed by atoms with Gasteiger partial charge in [-0.2, -0.15) is 5.10 Å². The van der Waals surface area contributed by atoms with Crippen molar-refractivity contribution in [2.75, 3.05) is 5.32 Å². The Kier molecular flexibility index (Phi) is 5.78. The van der Waals surface area contributed by atoms with E-state index in [-0.39, 0.29) is 5.91 Å². The average molecular weight is 374 g/mol. The number of amides is 1. The van der Waals surface area contributed by atoms with Crippen molar-refractivity contribution in [3.05, 3.63) is 87.7 Å². The summed E-state index contributed by atoms with van der Waals surface area (Å²) in [6, 6.07) is 14.4. The van der Waals surface area contributed by atoms with Crippen LogP contribution in [0.4, 0.5) is 5.69 Å². The van der Waals surface area contributed by atoms with E-state index in [1.165, 1.54) is 11.1 Å². The summed E-state index contributed by atoms with van der Waals surface area (Å²) < 4.78 is 1.99. The lowest BCUT2D eigenvalue weighted by Crippen LogP contribution is -2.09. The van der Waals surface area contributed by atoms with Crippen LogP contribution in [0.1, 0.15) is 39.2 Å². The van der Waals surface area contributed by atoms with Crippen molar-refractivity contribution >= 4 is 17.7 Å². The Morgan fingerprint density at radius 2 is 1.75 bits per heavy atom. The first-order valence-corrected chi connectivity index (χ1v) is 9.50. The van der Waals surface area contributed by atoms with Crippen LogP contribution >= 0.6 is 0 Å². The number of aromatic nitrogens is 2. The number of rotatable bonds is 5. The van der Waals surface area contributed by atoms with Gasteiger partial charge in [0.05, 0.1) is 12.2 Å². The summed E-state index contributed by atoms with van der Waals surface area (Å²) in [5, 5.41) is 7.61. The highest BCUT2D eigenvalue weighted by Crippen LogP contribution is 2.19. The SMILES string of the molecule is Cc1ccc(Cn2nc(C)c(/C=C/C(=O)Nc3cccc(C)c3C)c2C)cc1. The van der Waals surface area contributed by atoms with Gasteiger partial charge in [-0.15, -0.1) is 0 Å². The molecule has 0 atom stereocenters. The average Bonchev–Trinajstić information content (AvgIpc) is 2.92. The molecule has 0 saturated carbocycles. The van der Waals surface area contributed by atoms with Crippen LogP contribution in [0.5, 0.6) is 0 Å². The number of aryl methyl sites for hydroxylation is 3. The molecule has 1 N–H and O–H groups in total. The normalized spacial score (nSPS) is 11.2. The summed E-state index contributed by atoms with van der Waals surface area (Å²) in [4.78, 5) is 12.4. The zero-order valence-electron chi connectivity index (χ0n) is 17.2. The third kappa shape index (κ3) is 4.39. The van der Waals surface area contributed by atoms with E-state index in [2.05, 4.69) is 41.6 Å². The molecule has 0 radical (unpaired) electrons. The van der Waals surface area contributed by atoms with Crippen LogP contribution in [0, 0.1) is 34.6 Å². The quantitative estimate of drug-likeness (QED) is 0.631. The number of carbonyl (C=O) groups excluding carboxylic acids is 1. The second-order valence-corrected chi connectivity index (χ2v) is 7.30. The second kappa shape index (κ2) is 8.26. The van der Waals surface area contributed by atoms with E-state index in [1.54, 1.807) is 6.08 Å². The van der Waals surface area contributed by atoms with Gasteiger partial charge in [0.15, 0.2) is 0 Å². The van der Waals surface area contributed by atoms with Crippen molar-refractivity contribution in [2.45, 2.75) is 41.2 Å². The number of benzene rings is 2. The number of anilines is 1. The standard InChI is InChI=1S/C24H27N3O/c1-16-9-11-21(12-10-16)15-27-20(5)22(19(4)26-27)13-14-24(28)25-23-8-6-7-17(2)18(23)3/h6-14H,15H2,1-5H3,(H,25,28)/b14-13+. The summed E-state index contributed by atoms with van der Waals surface area (Å²) in [5.74, 6) is -0.140. The predicted octanol–water partition coefficient (Wildman–Crippen LogP) is 5.13. The van der Waals surface area contributed by atoms with Crippen molar-refractivity contribution in [1.82, 2.24) is 9.78 Å². The maximum atomic E-state index is 12.4. The molecule has 4 nitrogen and oxygen atoms in total. The highest BCUT2D eigenvalue weighted by molar-refractivity contribution is 6.02. The monoisotopic (exact) mass is 373 g/mol. The molecule has 0 unspecified atom stereocenters. The summed E-state index contributed by atoms with van der Waals surface area (Å²) >= 11 is 0. The highest BCUT2D eigenvalue weighted by atomic mass is 16.1. The van der Waals surface area contributed by atoms with Crippen molar-refractivity contribution in [1.29, 1.82) is 0 Å². The van der Waals surface area contributed by atoms with Gasteiger partial charge in [-0.1, -0.05) is 42.0 Å². The smallest absolute Gasteiger partial charge is 0.248 e. The molecule has 0 spiro atoms. The minimum Gasteiger partial charge on any atom is -0.322 e. The van der Waals surface area contributed by atoms with E-state index in [0.29, 0.717) is 0 Å². The second-order valence-electron chi connectivity index (χ2n) is 7.30. The molecular weight excluding hydrogens is 346 g/mol. The van der Waals surface area contributed by atoms with Crippen LogP contribution in [0.3, 0.4) is 0 Å². The molecule has 3 rings (SSSR count). The summed E-state index contributed by atoms with van der Waals surface area (Å²) in [6.07, 6.45) is 3.43. The van der Waals surface area contributed by atoms with Crippen molar-refractivity contribution in [3.63, 3.8) is 0 Å². The Balaban J connectivity index is 1.74. The molecule has 4 heteroatoms. The Morgan fingerprint density at radius 3 is 2.46 bits per heavy atom. The number of hydrogen-bond donors (Lipinski definition) is 1. The van der Waals surface area contributed by atoms with E-state index < -0.39 is 0 Å². The van der Waals surface area contributed by atoms with Gasteiger partial charge >= 0.3 is 0 Å². The molecule has 144 valence electrons. The first kappa shape index (κ1) is 19.6. The van der Waals surface area contributed by atoms with Gasteiger partial charge in [0.2, 0.25) is 5.91 Å². The third-order valence-corrected chi connectivity index (χ3v) is 5.15. The van der Waals surface area contributed by atoms with Crippen molar-refractivity contribution < 1.29 is 4.79 Å². The molecule has 0 aliphatic carbocycles. The van der Waals surface area contributed by atoms with Gasteiger partial charge in [0, 0.05) is 23.0 Å². The van der Waals surface area contributed by atoms with Crippen LogP contribution in [0.15, 0.2) is 48.5 Å². The topological polar surface area (TPSA) is 46.9 Å². The summed E-state index contributed by atoms with van der Waals surface area (Å²) in [6.45, 7) is 10.9. The molecule has 3 aromatic rings. The number of carbonyl (C=O) groups is 1. The van der Waals surface area contributed by atoms with Crippen LogP contribution in [-0.2, 0) is 11.3 Å². The van der Waals surface area contributed by atoms with Gasteiger partial charge in [0.1, 0.15) is 0 Å². The lowest BCUT2D eigenvalue weighted by molar-refractivity contribution is -0.111. The Hall–Kier alpha value is -3.14. The van der Waals surface area contributed by atoms with Gasteiger partial charge in [-0.25, -0.2) is 0 Å². The first-order valence-electron chi connectivity index (χ1n) is 9.50. The van der Waals surface area contributed by atoms with Crippen LogP contribution < -0.4 is 5.32 Å². The molecule has 0 aliphatic rings. The molecule has 1 aromatic heterocycles. The number of nitrogens with one attached hydrogen (secondary N) is 1. The van der Waals surface area contributed by atoms with Gasteiger partial charge < -0.3 is 5.32 Å². The molecule has 2 aromatic carbocycles. The van der Waals surface area contributed by atoms with Crippen LogP contribution in [0.2, 0.25) is 0 Å². The Bertz CT molecular complexity index is 1030. The fourth-order valence-electron chi connectivity index (χ4n) is 3.19. The Morgan fingerprint density at radius 1 is 1.04 bits per heavy atom. The van der Waals surface area contributed by atoms with Gasteiger partial charge in [-0.05, 0) is 63.5 Å². The van der Waals surface area contributed by atoms with E-state index in [1.807, 2.05) is 56.7 Å². The number of nitrogens with zero attached hydrogens (tertiary/aromatic N) is 2. The molecule has 0 fully saturated rings. The lowest BCUT2D eigenvalue weighted by atomic mass is 10.1. The molecule has 1 heterocycles. The van der Waals surface area contributed by atoms with Crippen molar-refractivity contribution in [3.8, 4) is 0 Å². The number of hydrogen-bond acceptors (Lipinski definition) is 2. The van der Waals surface area contributed by atoms with E-state index >= 15 is 0 Å². The van der Waals surface area contributed by atoms with Gasteiger partial charge in [-0.3, -0.25) is 9.48 Å².